The zero-order valence-corrected chi connectivity index (χ0v) is 15.6. The van der Waals surface area contributed by atoms with E-state index in [-0.39, 0.29) is 23.5 Å². The molecule has 6 heteroatoms. The number of hydrogen-bond acceptors (Lipinski definition) is 4. The van der Waals surface area contributed by atoms with Crippen LogP contribution in [0.5, 0.6) is 5.75 Å². The fraction of sp³-hybridized carbons (Fsp3) is 0.333. The number of aliphatic hydroxyl groups excluding tert-OH is 1. The van der Waals surface area contributed by atoms with Gasteiger partial charge in [-0.25, -0.2) is 4.98 Å². The van der Waals surface area contributed by atoms with Gasteiger partial charge in [0.1, 0.15) is 5.75 Å². The quantitative estimate of drug-likeness (QED) is 0.736. The Morgan fingerprint density at radius 1 is 1.26 bits per heavy atom. The Morgan fingerprint density at radius 3 is 2.74 bits per heavy atom. The fourth-order valence-corrected chi connectivity index (χ4v) is 3.27. The number of aryl methyl sites for hydroxylation is 1. The largest absolute Gasteiger partial charge is 0.508 e. The molecule has 2 N–H and O–H groups in total. The van der Waals surface area contributed by atoms with Crippen LogP contribution in [0.25, 0.3) is 5.57 Å². The number of benzene rings is 1. The van der Waals surface area contributed by atoms with E-state index in [2.05, 4.69) is 18.8 Å². The summed E-state index contributed by atoms with van der Waals surface area (Å²) >= 11 is 0. The monoisotopic (exact) mass is 367 g/mol. The van der Waals surface area contributed by atoms with E-state index < -0.39 is 0 Å². The Bertz CT molecular complexity index is 853. The van der Waals surface area contributed by atoms with Crippen LogP contribution in [0.15, 0.2) is 60.9 Å². The third kappa shape index (κ3) is 4.22. The first kappa shape index (κ1) is 18.8. The molecule has 1 unspecified atom stereocenters. The van der Waals surface area contributed by atoms with Crippen molar-refractivity contribution < 1.29 is 15.0 Å². The standard InChI is InChI=1S/C21H25N3O3/c1-15(2)7-8-18-19(16-5-3-6-17(25)13-16)20(26)21(27)24(18)11-4-10-23-12-9-22-14-23/h3,5-9,12-15,18,25-26H,4,10-11H2,1-2H3. The van der Waals surface area contributed by atoms with Crippen molar-refractivity contribution in [2.75, 3.05) is 6.54 Å². The number of aromatic hydroxyl groups is 1. The topological polar surface area (TPSA) is 78.6 Å². The molecule has 0 radical (unpaired) electrons. The van der Waals surface area contributed by atoms with Crippen molar-refractivity contribution >= 4 is 11.5 Å². The van der Waals surface area contributed by atoms with Crippen molar-refractivity contribution in [1.29, 1.82) is 0 Å². The van der Waals surface area contributed by atoms with Gasteiger partial charge in [0, 0.05) is 31.1 Å². The predicted octanol–water partition coefficient (Wildman–Crippen LogP) is 3.37. The Morgan fingerprint density at radius 2 is 2.07 bits per heavy atom. The summed E-state index contributed by atoms with van der Waals surface area (Å²) in [7, 11) is 0. The van der Waals surface area contributed by atoms with E-state index in [1.807, 2.05) is 22.9 Å². The molecule has 1 amide bonds. The third-order valence-corrected chi connectivity index (χ3v) is 4.56. The number of carbonyl (C=O) groups excluding carboxylic acids is 1. The molecule has 1 aromatic carbocycles. The first-order chi connectivity index (χ1) is 13.0. The minimum Gasteiger partial charge on any atom is -0.508 e. The Hall–Kier alpha value is -3.02. The van der Waals surface area contributed by atoms with Gasteiger partial charge < -0.3 is 19.7 Å². The molecule has 1 aliphatic rings. The molecule has 0 saturated heterocycles. The van der Waals surface area contributed by atoms with Crippen LogP contribution in [-0.4, -0.2) is 43.2 Å². The highest BCUT2D eigenvalue weighted by atomic mass is 16.3. The number of rotatable bonds is 7. The molecule has 0 fully saturated rings. The number of allylic oxidation sites excluding steroid dienone is 1. The highest BCUT2D eigenvalue weighted by molar-refractivity contribution is 6.05. The number of imidazole rings is 1. The lowest BCUT2D eigenvalue weighted by Gasteiger charge is -2.25. The molecule has 0 spiro atoms. The second kappa shape index (κ2) is 8.12. The van der Waals surface area contributed by atoms with Gasteiger partial charge in [-0.05, 0) is 30.0 Å². The van der Waals surface area contributed by atoms with Gasteiger partial charge in [0.2, 0.25) is 0 Å². The number of phenolic OH excluding ortho intramolecular Hbond substituents is 1. The highest BCUT2D eigenvalue weighted by Crippen LogP contribution is 2.35. The number of nitrogens with zero attached hydrogens (tertiary/aromatic N) is 3. The van der Waals surface area contributed by atoms with Crippen molar-refractivity contribution in [3.8, 4) is 5.75 Å². The van der Waals surface area contributed by atoms with E-state index in [9.17, 15) is 15.0 Å². The van der Waals surface area contributed by atoms with Crippen molar-refractivity contribution in [3.63, 3.8) is 0 Å². The molecule has 142 valence electrons. The molecule has 1 aliphatic heterocycles. The lowest BCUT2D eigenvalue weighted by molar-refractivity contribution is -0.128. The summed E-state index contributed by atoms with van der Waals surface area (Å²) in [6, 6.07) is 6.29. The Kier molecular flexibility index (Phi) is 5.64. The van der Waals surface area contributed by atoms with E-state index >= 15 is 0 Å². The third-order valence-electron chi connectivity index (χ3n) is 4.56. The molecule has 3 rings (SSSR count). The summed E-state index contributed by atoms with van der Waals surface area (Å²) in [6.45, 7) is 5.38. The van der Waals surface area contributed by atoms with Crippen LogP contribution in [0.1, 0.15) is 25.8 Å². The van der Waals surface area contributed by atoms with Crippen LogP contribution >= 0.6 is 0 Å². The highest BCUT2D eigenvalue weighted by Gasteiger charge is 2.38. The van der Waals surface area contributed by atoms with E-state index in [0.29, 0.717) is 23.6 Å². The van der Waals surface area contributed by atoms with Gasteiger partial charge in [-0.15, -0.1) is 0 Å². The molecule has 1 atom stereocenters. The Labute approximate surface area is 159 Å². The van der Waals surface area contributed by atoms with Crippen LogP contribution in [0, 0.1) is 5.92 Å². The summed E-state index contributed by atoms with van der Waals surface area (Å²) in [5, 5.41) is 20.4. The zero-order chi connectivity index (χ0) is 19.4. The zero-order valence-electron chi connectivity index (χ0n) is 15.6. The molecule has 27 heavy (non-hydrogen) atoms. The van der Waals surface area contributed by atoms with Crippen LogP contribution < -0.4 is 0 Å². The summed E-state index contributed by atoms with van der Waals surface area (Å²) < 4.78 is 1.96. The van der Waals surface area contributed by atoms with Crippen molar-refractivity contribution in [2.24, 2.45) is 5.92 Å². The molecule has 6 nitrogen and oxygen atoms in total. The van der Waals surface area contributed by atoms with Gasteiger partial charge in [-0.2, -0.15) is 0 Å². The van der Waals surface area contributed by atoms with Crippen molar-refractivity contribution in [3.05, 3.63) is 66.5 Å². The first-order valence-electron chi connectivity index (χ1n) is 9.15. The van der Waals surface area contributed by atoms with Gasteiger partial charge >= 0.3 is 0 Å². The fourth-order valence-electron chi connectivity index (χ4n) is 3.27. The average Bonchev–Trinajstić information content (AvgIpc) is 3.22. The summed E-state index contributed by atoms with van der Waals surface area (Å²) in [4.78, 5) is 18.4. The molecule has 1 aromatic heterocycles. The number of amides is 1. The number of phenols is 1. The normalized spacial score (nSPS) is 17.7. The van der Waals surface area contributed by atoms with Gasteiger partial charge in [0.15, 0.2) is 5.76 Å². The average molecular weight is 367 g/mol. The number of carbonyl (C=O) groups is 1. The van der Waals surface area contributed by atoms with E-state index in [1.165, 1.54) is 0 Å². The number of aromatic nitrogens is 2. The molecule has 0 bridgehead atoms. The SMILES string of the molecule is CC(C)C=CC1C(c2cccc(O)c2)=C(O)C(=O)N1CCCn1ccnc1. The minimum atomic E-state index is -0.377. The summed E-state index contributed by atoms with van der Waals surface area (Å²) in [5.74, 6) is -0.203. The maximum atomic E-state index is 12.7. The van der Waals surface area contributed by atoms with Crippen LogP contribution in [0.2, 0.25) is 0 Å². The van der Waals surface area contributed by atoms with Crippen molar-refractivity contribution in [1.82, 2.24) is 14.5 Å². The number of aliphatic hydroxyl groups is 1. The number of hydrogen-bond donors (Lipinski definition) is 2. The second-order valence-corrected chi connectivity index (χ2v) is 7.04. The maximum Gasteiger partial charge on any atom is 0.289 e. The smallest absolute Gasteiger partial charge is 0.289 e. The molecule has 0 aliphatic carbocycles. The molecule has 0 saturated carbocycles. The van der Waals surface area contributed by atoms with E-state index in [4.69, 9.17) is 0 Å². The molecular formula is C21H25N3O3. The van der Waals surface area contributed by atoms with Gasteiger partial charge in [0.25, 0.3) is 5.91 Å². The minimum absolute atomic E-state index is 0.102. The van der Waals surface area contributed by atoms with E-state index in [0.717, 1.165) is 13.0 Å². The van der Waals surface area contributed by atoms with E-state index in [1.54, 1.807) is 41.7 Å². The Balaban J connectivity index is 1.85. The van der Waals surface area contributed by atoms with Gasteiger partial charge in [-0.1, -0.05) is 38.1 Å². The van der Waals surface area contributed by atoms with Gasteiger partial charge in [-0.3, -0.25) is 4.79 Å². The summed E-state index contributed by atoms with van der Waals surface area (Å²) in [5.41, 5.74) is 1.19. The molecule has 2 aromatic rings. The predicted molar refractivity (Wildman–Crippen MR) is 104 cm³/mol. The lowest BCUT2D eigenvalue weighted by atomic mass is 9.97. The lowest BCUT2D eigenvalue weighted by Crippen LogP contribution is -2.35. The van der Waals surface area contributed by atoms with Crippen LogP contribution in [-0.2, 0) is 11.3 Å². The van der Waals surface area contributed by atoms with Crippen molar-refractivity contribution in [2.45, 2.75) is 32.9 Å². The second-order valence-electron chi connectivity index (χ2n) is 7.04. The molecular weight excluding hydrogens is 342 g/mol. The van der Waals surface area contributed by atoms with Gasteiger partial charge in [0.05, 0.1) is 12.4 Å². The summed E-state index contributed by atoms with van der Waals surface area (Å²) in [6.07, 6.45) is 10.1. The van der Waals surface area contributed by atoms with Crippen LogP contribution in [0.3, 0.4) is 0 Å². The molecule has 2 heterocycles. The first-order valence-corrected chi connectivity index (χ1v) is 9.15. The maximum absolute atomic E-state index is 12.7. The van der Waals surface area contributed by atoms with Crippen LogP contribution in [0.4, 0.5) is 0 Å².